The highest BCUT2D eigenvalue weighted by atomic mass is 32.2. The Balaban J connectivity index is 1.99. The molecule has 1 aromatic carbocycles. The zero-order chi connectivity index (χ0) is 19.8. The van der Waals surface area contributed by atoms with Gasteiger partial charge in [-0.2, -0.15) is 11.8 Å². The lowest BCUT2D eigenvalue weighted by atomic mass is 10.0. The van der Waals surface area contributed by atoms with Gasteiger partial charge in [-0.3, -0.25) is 9.59 Å². The number of carboxylic acid groups (broad SMARTS) is 1. The Morgan fingerprint density at radius 1 is 1.33 bits per heavy atom. The minimum absolute atomic E-state index is 0.271. The van der Waals surface area contributed by atoms with E-state index in [-0.39, 0.29) is 5.91 Å². The first-order chi connectivity index (χ1) is 12.9. The van der Waals surface area contributed by atoms with Crippen LogP contribution < -0.4 is 11.1 Å². The van der Waals surface area contributed by atoms with E-state index >= 15 is 0 Å². The van der Waals surface area contributed by atoms with Crippen molar-refractivity contribution in [2.24, 2.45) is 5.73 Å². The third-order valence-electron chi connectivity index (χ3n) is 4.68. The second kappa shape index (κ2) is 10.3. The molecule has 0 bridgehead atoms. The molecule has 0 saturated carbocycles. The number of nitrogens with zero attached hydrogens (tertiary/aromatic N) is 1. The Labute approximate surface area is 163 Å². The number of rotatable bonds is 9. The van der Waals surface area contributed by atoms with Crippen molar-refractivity contribution in [3.63, 3.8) is 0 Å². The Morgan fingerprint density at radius 2 is 2.04 bits per heavy atom. The summed E-state index contributed by atoms with van der Waals surface area (Å²) in [6, 6.07) is 7.16. The van der Waals surface area contributed by atoms with Crippen LogP contribution in [0.3, 0.4) is 0 Å². The molecule has 3 atom stereocenters. The fraction of sp³-hybridized carbons (Fsp3) is 0.526. The fourth-order valence-corrected chi connectivity index (χ4v) is 3.70. The normalized spacial score (nSPS) is 18.7. The number of aliphatic carboxylic acids is 1. The lowest BCUT2D eigenvalue weighted by Crippen LogP contribution is -2.54. The Morgan fingerprint density at radius 3 is 2.67 bits per heavy atom. The molecule has 7 nitrogen and oxygen atoms in total. The summed E-state index contributed by atoms with van der Waals surface area (Å²) in [6.45, 7) is 0.460. The van der Waals surface area contributed by atoms with Gasteiger partial charge < -0.3 is 21.1 Å². The summed E-state index contributed by atoms with van der Waals surface area (Å²) in [4.78, 5) is 38.2. The van der Waals surface area contributed by atoms with E-state index in [9.17, 15) is 19.5 Å². The van der Waals surface area contributed by atoms with Crippen molar-refractivity contribution >= 4 is 29.5 Å². The van der Waals surface area contributed by atoms with Gasteiger partial charge in [0, 0.05) is 6.54 Å². The van der Waals surface area contributed by atoms with Crippen LogP contribution in [-0.2, 0) is 20.8 Å². The van der Waals surface area contributed by atoms with Crippen molar-refractivity contribution in [3.05, 3.63) is 35.9 Å². The summed E-state index contributed by atoms with van der Waals surface area (Å²) in [5.41, 5.74) is 7.05. The summed E-state index contributed by atoms with van der Waals surface area (Å²) in [6.07, 6.45) is 3.84. The van der Waals surface area contributed by atoms with Crippen molar-refractivity contribution in [1.29, 1.82) is 0 Å². The van der Waals surface area contributed by atoms with Crippen LogP contribution in [0.15, 0.2) is 30.3 Å². The molecular formula is C19H27N3O4S. The largest absolute Gasteiger partial charge is 0.480 e. The molecule has 1 saturated heterocycles. The molecule has 0 aliphatic carbocycles. The summed E-state index contributed by atoms with van der Waals surface area (Å²) >= 11 is 1.52. The minimum atomic E-state index is -1.06. The molecule has 8 heteroatoms. The number of thioether (sulfide) groups is 1. The molecule has 1 heterocycles. The lowest BCUT2D eigenvalue weighted by Gasteiger charge is -2.27. The average Bonchev–Trinajstić information content (AvgIpc) is 3.14. The molecule has 148 valence electrons. The molecule has 1 aliphatic heterocycles. The van der Waals surface area contributed by atoms with Crippen molar-refractivity contribution in [2.45, 2.75) is 43.8 Å². The molecule has 1 aliphatic rings. The van der Waals surface area contributed by atoms with Gasteiger partial charge in [0.2, 0.25) is 11.8 Å². The van der Waals surface area contributed by atoms with Crippen molar-refractivity contribution in [1.82, 2.24) is 10.2 Å². The van der Waals surface area contributed by atoms with E-state index in [1.54, 1.807) is 0 Å². The van der Waals surface area contributed by atoms with Crippen LogP contribution in [0, 0.1) is 0 Å². The maximum Gasteiger partial charge on any atom is 0.326 e. The smallest absolute Gasteiger partial charge is 0.326 e. The number of hydrogen-bond donors (Lipinski definition) is 3. The number of carbonyl (C=O) groups is 3. The Bertz CT molecular complexity index is 656. The number of benzene rings is 1. The van der Waals surface area contributed by atoms with Crippen LogP contribution in [0.2, 0.25) is 0 Å². The minimum Gasteiger partial charge on any atom is -0.480 e. The van der Waals surface area contributed by atoms with Gasteiger partial charge in [-0.05, 0) is 43.3 Å². The number of hydrogen-bond acceptors (Lipinski definition) is 5. The van der Waals surface area contributed by atoms with E-state index in [1.807, 2.05) is 36.6 Å². The summed E-state index contributed by atoms with van der Waals surface area (Å²) in [5.74, 6) is -1.12. The molecule has 0 spiro atoms. The predicted molar refractivity (Wildman–Crippen MR) is 105 cm³/mol. The number of amides is 2. The topological polar surface area (TPSA) is 113 Å². The van der Waals surface area contributed by atoms with Gasteiger partial charge in [0.25, 0.3) is 0 Å². The third kappa shape index (κ3) is 5.97. The molecule has 4 N–H and O–H groups in total. The van der Waals surface area contributed by atoms with Crippen molar-refractivity contribution in [2.75, 3.05) is 18.6 Å². The Hall–Kier alpha value is -2.06. The van der Waals surface area contributed by atoms with E-state index < -0.39 is 30.0 Å². The first kappa shape index (κ1) is 21.2. The van der Waals surface area contributed by atoms with Crippen molar-refractivity contribution < 1.29 is 19.5 Å². The number of nitrogens with two attached hydrogens (primary N) is 1. The molecule has 0 radical (unpaired) electrons. The van der Waals surface area contributed by atoms with E-state index in [4.69, 9.17) is 5.73 Å². The fourth-order valence-electron chi connectivity index (χ4n) is 3.23. The van der Waals surface area contributed by atoms with Crippen molar-refractivity contribution in [3.8, 4) is 0 Å². The van der Waals surface area contributed by atoms with Crippen LogP contribution in [-0.4, -0.2) is 64.5 Å². The number of carbonyl (C=O) groups excluding carboxylic acids is 2. The highest BCUT2D eigenvalue weighted by molar-refractivity contribution is 7.98. The SMILES string of the molecule is CSCCC(NC(=O)C1CCCN1C(=O)C(N)Cc1ccccc1)C(=O)O. The highest BCUT2D eigenvalue weighted by Gasteiger charge is 2.37. The second-order valence-electron chi connectivity index (χ2n) is 6.67. The molecular weight excluding hydrogens is 366 g/mol. The summed E-state index contributed by atoms with van der Waals surface area (Å²) in [5, 5.41) is 11.9. The van der Waals surface area contributed by atoms with E-state index in [1.165, 1.54) is 16.7 Å². The van der Waals surface area contributed by atoms with Gasteiger partial charge in [-0.1, -0.05) is 30.3 Å². The number of carboxylic acids is 1. The average molecular weight is 394 g/mol. The number of likely N-dealkylation sites (tertiary alicyclic amines) is 1. The van der Waals surface area contributed by atoms with Crippen LogP contribution >= 0.6 is 11.8 Å². The third-order valence-corrected chi connectivity index (χ3v) is 5.32. The number of nitrogens with one attached hydrogen (secondary N) is 1. The predicted octanol–water partition coefficient (Wildman–Crippen LogP) is 0.870. The first-order valence-corrected chi connectivity index (χ1v) is 10.5. The van der Waals surface area contributed by atoms with Gasteiger partial charge in [0.1, 0.15) is 12.1 Å². The Kier molecular flexibility index (Phi) is 8.12. The molecule has 0 aromatic heterocycles. The highest BCUT2D eigenvalue weighted by Crippen LogP contribution is 2.19. The van der Waals surface area contributed by atoms with Gasteiger partial charge in [-0.15, -0.1) is 0 Å². The first-order valence-electron chi connectivity index (χ1n) is 9.06. The molecule has 27 heavy (non-hydrogen) atoms. The summed E-state index contributed by atoms with van der Waals surface area (Å²) in [7, 11) is 0. The quantitative estimate of drug-likeness (QED) is 0.574. The van der Waals surface area contributed by atoms with Gasteiger partial charge >= 0.3 is 5.97 Å². The molecule has 1 aromatic rings. The van der Waals surface area contributed by atoms with Gasteiger partial charge in [-0.25, -0.2) is 4.79 Å². The van der Waals surface area contributed by atoms with Crippen LogP contribution in [0.25, 0.3) is 0 Å². The standard InChI is InChI=1S/C19H27N3O4S/c1-27-11-9-15(19(25)26)21-17(23)16-8-5-10-22(16)18(24)14(20)12-13-6-3-2-4-7-13/h2-4,6-7,14-16H,5,8-12,20H2,1H3,(H,21,23)(H,25,26). The van der Waals surface area contributed by atoms with E-state index in [0.29, 0.717) is 38.0 Å². The van der Waals surface area contributed by atoms with Crippen LogP contribution in [0.5, 0.6) is 0 Å². The van der Waals surface area contributed by atoms with Gasteiger partial charge in [0.05, 0.1) is 6.04 Å². The molecule has 2 amide bonds. The molecule has 2 rings (SSSR count). The maximum absolute atomic E-state index is 12.8. The zero-order valence-electron chi connectivity index (χ0n) is 15.5. The lowest BCUT2D eigenvalue weighted by molar-refractivity contribution is -0.144. The van der Waals surface area contributed by atoms with Crippen LogP contribution in [0.4, 0.5) is 0 Å². The maximum atomic E-state index is 12.8. The van der Waals surface area contributed by atoms with Gasteiger partial charge in [0.15, 0.2) is 0 Å². The summed E-state index contributed by atoms with van der Waals surface area (Å²) < 4.78 is 0. The zero-order valence-corrected chi connectivity index (χ0v) is 16.3. The van der Waals surface area contributed by atoms with Crippen LogP contribution in [0.1, 0.15) is 24.8 Å². The second-order valence-corrected chi connectivity index (χ2v) is 7.65. The van der Waals surface area contributed by atoms with E-state index in [2.05, 4.69) is 5.32 Å². The molecule has 3 unspecified atom stereocenters. The monoisotopic (exact) mass is 393 g/mol. The van der Waals surface area contributed by atoms with E-state index in [0.717, 1.165) is 5.56 Å². The molecule has 1 fully saturated rings.